The molecule has 0 aliphatic heterocycles. The molecule has 102 valence electrons. The highest BCUT2D eigenvalue weighted by atomic mass is 32.1. The van der Waals surface area contributed by atoms with E-state index in [2.05, 4.69) is 26.7 Å². The molecule has 2 N–H and O–H groups in total. The van der Waals surface area contributed by atoms with Crippen LogP contribution in [0.1, 0.15) is 5.56 Å². The number of carbonyl (C=O) groups excluding carboxylic acids is 1. The van der Waals surface area contributed by atoms with E-state index in [-0.39, 0.29) is 12.5 Å². The van der Waals surface area contributed by atoms with Crippen LogP contribution in [0.25, 0.3) is 10.2 Å². The normalized spacial score (nSPS) is 10.7. The minimum absolute atomic E-state index is 0.129. The summed E-state index contributed by atoms with van der Waals surface area (Å²) in [5.41, 5.74) is 2.09. The van der Waals surface area contributed by atoms with Crippen molar-refractivity contribution in [2.24, 2.45) is 0 Å². The summed E-state index contributed by atoms with van der Waals surface area (Å²) in [5.74, 6) is -0.129. The van der Waals surface area contributed by atoms with Crippen LogP contribution in [-0.4, -0.2) is 22.4 Å². The number of hydrogen-bond acceptors (Lipinski definition) is 6. The summed E-state index contributed by atoms with van der Waals surface area (Å²) < 4.78 is 1.08. The maximum atomic E-state index is 11.8. The molecule has 0 spiro atoms. The first-order valence-corrected chi connectivity index (χ1v) is 7.71. The molecular weight excluding hydrogens is 292 g/mol. The molecule has 5 nitrogen and oxygen atoms in total. The Morgan fingerprint density at radius 2 is 2.25 bits per heavy atom. The van der Waals surface area contributed by atoms with Crippen molar-refractivity contribution in [3.8, 4) is 0 Å². The molecule has 0 saturated heterocycles. The van der Waals surface area contributed by atoms with Crippen LogP contribution >= 0.6 is 22.7 Å². The maximum absolute atomic E-state index is 11.8. The zero-order chi connectivity index (χ0) is 13.9. The van der Waals surface area contributed by atoms with Gasteiger partial charge in [0.05, 0.1) is 16.8 Å². The lowest BCUT2D eigenvalue weighted by atomic mass is 10.2. The van der Waals surface area contributed by atoms with Crippen LogP contribution < -0.4 is 10.6 Å². The Kier molecular flexibility index (Phi) is 3.62. The number of fused-ring (bicyclic) bond motifs is 1. The fourth-order valence-corrected chi connectivity index (χ4v) is 3.22. The molecule has 3 rings (SSSR count). The Bertz CT molecular complexity index is 736. The van der Waals surface area contributed by atoms with E-state index in [1.54, 1.807) is 6.20 Å². The van der Waals surface area contributed by atoms with Gasteiger partial charge in [0.2, 0.25) is 5.91 Å². The molecule has 0 bridgehead atoms. The highest BCUT2D eigenvalue weighted by Gasteiger charge is 2.08. The van der Waals surface area contributed by atoms with Crippen LogP contribution in [0, 0.1) is 6.92 Å². The van der Waals surface area contributed by atoms with Crippen molar-refractivity contribution >= 4 is 49.1 Å². The number of benzene rings is 1. The molecule has 0 radical (unpaired) electrons. The van der Waals surface area contributed by atoms with Gasteiger partial charge >= 0.3 is 0 Å². The lowest BCUT2D eigenvalue weighted by Crippen LogP contribution is -2.21. The quantitative estimate of drug-likeness (QED) is 0.777. The standard InChI is InChI=1S/C13H12N4OS2/c1-8-2-3-9-10(6-8)20-13(16-9)17-11(18)7-15-12-14-4-5-19-12/h2-6H,7H2,1H3,(H,14,15)(H,16,17,18). The molecule has 3 aromatic rings. The Morgan fingerprint density at radius 3 is 3.05 bits per heavy atom. The zero-order valence-electron chi connectivity index (χ0n) is 10.7. The summed E-state index contributed by atoms with van der Waals surface area (Å²) in [6, 6.07) is 6.04. The predicted octanol–water partition coefficient (Wildman–Crippen LogP) is 3.11. The number of anilines is 2. The fourth-order valence-electron chi connectivity index (χ4n) is 1.72. The molecule has 0 atom stereocenters. The van der Waals surface area contributed by atoms with Gasteiger partial charge in [-0.25, -0.2) is 9.97 Å². The van der Waals surface area contributed by atoms with Gasteiger partial charge in [0, 0.05) is 11.6 Å². The van der Waals surface area contributed by atoms with E-state index in [1.165, 1.54) is 28.2 Å². The zero-order valence-corrected chi connectivity index (χ0v) is 12.3. The third kappa shape index (κ3) is 2.94. The van der Waals surface area contributed by atoms with Crippen LogP contribution in [0.3, 0.4) is 0 Å². The van der Waals surface area contributed by atoms with Crippen molar-refractivity contribution in [3.63, 3.8) is 0 Å². The highest BCUT2D eigenvalue weighted by molar-refractivity contribution is 7.22. The summed E-state index contributed by atoms with van der Waals surface area (Å²) in [6.07, 6.45) is 1.70. The largest absolute Gasteiger partial charge is 0.352 e. The van der Waals surface area contributed by atoms with E-state index in [0.717, 1.165) is 15.3 Å². The number of nitrogens with one attached hydrogen (secondary N) is 2. The molecule has 7 heteroatoms. The second-order valence-corrected chi connectivity index (χ2v) is 6.15. The third-order valence-corrected chi connectivity index (χ3v) is 4.29. The molecule has 0 aliphatic carbocycles. The average Bonchev–Trinajstić information content (AvgIpc) is 3.04. The number of aryl methyl sites for hydroxylation is 1. The van der Waals surface area contributed by atoms with Gasteiger partial charge < -0.3 is 10.6 Å². The van der Waals surface area contributed by atoms with Crippen LogP contribution in [-0.2, 0) is 4.79 Å². The van der Waals surface area contributed by atoms with Gasteiger partial charge in [-0.15, -0.1) is 11.3 Å². The molecule has 0 unspecified atom stereocenters. The Morgan fingerprint density at radius 1 is 1.35 bits per heavy atom. The number of rotatable bonds is 4. The van der Waals surface area contributed by atoms with Crippen molar-refractivity contribution in [1.82, 2.24) is 9.97 Å². The van der Waals surface area contributed by atoms with E-state index in [9.17, 15) is 4.79 Å². The van der Waals surface area contributed by atoms with Crippen molar-refractivity contribution in [2.75, 3.05) is 17.2 Å². The lowest BCUT2D eigenvalue weighted by molar-refractivity contribution is -0.114. The number of carbonyl (C=O) groups is 1. The van der Waals surface area contributed by atoms with Gasteiger partial charge in [-0.2, -0.15) is 0 Å². The number of aromatic nitrogens is 2. The second kappa shape index (κ2) is 5.56. The number of hydrogen-bond donors (Lipinski definition) is 2. The van der Waals surface area contributed by atoms with Crippen molar-refractivity contribution in [1.29, 1.82) is 0 Å². The average molecular weight is 304 g/mol. The first-order chi connectivity index (χ1) is 9.70. The van der Waals surface area contributed by atoms with Gasteiger partial charge in [0.15, 0.2) is 10.3 Å². The van der Waals surface area contributed by atoms with Gasteiger partial charge in [0.1, 0.15) is 0 Å². The summed E-state index contributed by atoms with van der Waals surface area (Å²) in [4.78, 5) is 20.3. The molecule has 1 aromatic carbocycles. The third-order valence-electron chi connectivity index (χ3n) is 2.62. The predicted molar refractivity (Wildman–Crippen MR) is 83.6 cm³/mol. The van der Waals surface area contributed by atoms with Gasteiger partial charge in [-0.1, -0.05) is 17.4 Å². The molecule has 0 fully saturated rings. The maximum Gasteiger partial charge on any atom is 0.245 e. The van der Waals surface area contributed by atoms with Crippen molar-refractivity contribution < 1.29 is 4.79 Å². The number of nitrogens with zero attached hydrogens (tertiary/aromatic N) is 2. The van der Waals surface area contributed by atoms with E-state index < -0.39 is 0 Å². The Balaban J connectivity index is 1.65. The SMILES string of the molecule is Cc1ccc2nc(NC(=O)CNc3nccs3)sc2c1. The minimum atomic E-state index is -0.129. The molecular formula is C13H12N4OS2. The van der Waals surface area contributed by atoms with Crippen molar-refractivity contribution in [2.45, 2.75) is 6.92 Å². The second-order valence-electron chi connectivity index (χ2n) is 4.23. The molecule has 20 heavy (non-hydrogen) atoms. The van der Waals surface area contributed by atoms with Crippen LogP contribution in [0.15, 0.2) is 29.8 Å². The Labute approximate surface area is 123 Å². The lowest BCUT2D eigenvalue weighted by Gasteiger charge is -2.02. The summed E-state index contributed by atoms with van der Waals surface area (Å²) >= 11 is 2.94. The van der Waals surface area contributed by atoms with Crippen molar-refractivity contribution in [3.05, 3.63) is 35.3 Å². The van der Waals surface area contributed by atoms with Crippen LogP contribution in [0.2, 0.25) is 0 Å². The summed E-state index contributed by atoms with van der Waals surface area (Å²) in [6.45, 7) is 2.22. The smallest absolute Gasteiger partial charge is 0.245 e. The summed E-state index contributed by atoms with van der Waals surface area (Å²) in [7, 11) is 0. The van der Waals surface area contributed by atoms with E-state index in [4.69, 9.17) is 0 Å². The van der Waals surface area contributed by atoms with Gasteiger partial charge in [-0.05, 0) is 24.6 Å². The fraction of sp³-hybridized carbons (Fsp3) is 0.154. The first-order valence-electron chi connectivity index (χ1n) is 6.01. The molecule has 1 amide bonds. The minimum Gasteiger partial charge on any atom is -0.352 e. The van der Waals surface area contributed by atoms with E-state index in [1.807, 2.05) is 24.4 Å². The van der Waals surface area contributed by atoms with Gasteiger partial charge in [0.25, 0.3) is 0 Å². The van der Waals surface area contributed by atoms with E-state index in [0.29, 0.717) is 5.13 Å². The van der Waals surface area contributed by atoms with Crippen LogP contribution in [0.5, 0.6) is 0 Å². The first kappa shape index (κ1) is 13.0. The monoisotopic (exact) mass is 304 g/mol. The number of amides is 1. The van der Waals surface area contributed by atoms with E-state index >= 15 is 0 Å². The molecule has 2 heterocycles. The Hall–Kier alpha value is -1.99. The molecule has 2 aromatic heterocycles. The summed E-state index contributed by atoms with van der Waals surface area (Å²) in [5, 5.41) is 8.97. The molecule has 0 aliphatic rings. The topological polar surface area (TPSA) is 66.9 Å². The molecule has 0 saturated carbocycles. The highest BCUT2D eigenvalue weighted by Crippen LogP contribution is 2.26. The number of thiazole rings is 2. The van der Waals surface area contributed by atoms with Crippen LogP contribution in [0.4, 0.5) is 10.3 Å². The van der Waals surface area contributed by atoms with Gasteiger partial charge in [-0.3, -0.25) is 4.79 Å².